The lowest BCUT2D eigenvalue weighted by atomic mass is 10.2. The summed E-state index contributed by atoms with van der Waals surface area (Å²) in [6.45, 7) is 0.736. The third kappa shape index (κ3) is 5.23. The number of thiazole rings is 1. The molecular weight excluding hydrogens is 506 g/mol. The van der Waals surface area contributed by atoms with Gasteiger partial charge in [-0.25, -0.2) is 22.2 Å². The van der Waals surface area contributed by atoms with Gasteiger partial charge in [0.25, 0.3) is 15.9 Å². The highest BCUT2D eigenvalue weighted by Gasteiger charge is 2.25. The van der Waals surface area contributed by atoms with E-state index in [4.69, 9.17) is 0 Å². The number of nitrogens with zero attached hydrogens (tertiary/aromatic N) is 4. The zero-order valence-corrected chi connectivity index (χ0v) is 21.5. The molecule has 1 amide bonds. The van der Waals surface area contributed by atoms with E-state index >= 15 is 0 Å². The summed E-state index contributed by atoms with van der Waals surface area (Å²) < 4.78 is 55.5. The number of benzene rings is 3. The first-order valence-corrected chi connectivity index (χ1v) is 13.2. The van der Waals surface area contributed by atoms with E-state index < -0.39 is 27.6 Å². The highest BCUT2D eigenvalue weighted by molar-refractivity contribution is 7.92. The van der Waals surface area contributed by atoms with Crippen molar-refractivity contribution in [2.45, 2.75) is 4.90 Å². The molecule has 0 atom stereocenters. The summed E-state index contributed by atoms with van der Waals surface area (Å²) in [6.07, 6.45) is 0. The topological polar surface area (TPSA) is 73.8 Å². The van der Waals surface area contributed by atoms with Crippen LogP contribution in [0.2, 0.25) is 0 Å². The van der Waals surface area contributed by atoms with Gasteiger partial charge in [-0.15, -0.1) is 0 Å². The lowest BCUT2D eigenvalue weighted by Gasteiger charge is -2.22. The molecular formula is C25H24F2N4O3S2. The zero-order chi connectivity index (χ0) is 26.0. The molecule has 0 aliphatic rings. The van der Waals surface area contributed by atoms with Gasteiger partial charge in [0.05, 0.1) is 15.3 Å². The van der Waals surface area contributed by atoms with E-state index in [1.165, 1.54) is 46.6 Å². The number of hydrogen-bond acceptors (Lipinski definition) is 6. The minimum absolute atomic E-state index is 0.00977. The number of amides is 1. The van der Waals surface area contributed by atoms with Crippen molar-refractivity contribution >= 4 is 48.3 Å². The van der Waals surface area contributed by atoms with Crippen LogP contribution in [0.4, 0.5) is 19.6 Å². The number of likely N-dealkylation sites (N-methyl/N-ethyl adjacent to an activating group) is 1. The molecule has 0 aliphatic carbocycles. The fourth-order valence-corrected chi connectivity index (χ4v) is 5.73. The summed E-state index contributed by atoms with van der Waals surface area (Å²) in [5, 5.41) is 0.224. The first-order chi connectivity index (χ1) is 17.1. The fourth-order valence-electron chi connectivity index (χ4n) is 3.51. The van der Waals surface area contributed by atoms with Crippen molar-refractivity contribution in [2.75, 3.05) is 43.4 Å². The molecule has 188 valence electrons. The quantitative estimate of drug-likeness (QED) is 0.333. The maximum Gasteiger partial charge on any atom is 0.264 e. The van der Waals surface area contributed by atoms with Crippen LogP contribution in [0.1, 0.15) is 10.4 Å². The molecule has 0 radical (unpaired) electrons. The van der Waals surface area contributed by atoms with E-state index in [1.54, 1.807) is 30.3 Å². The molecule has 3 aromatic carbocycles. The second-order valence-corrected chi connectivity index (χ2v) is 11.3. The van der Waals surface area contributed by atoms with E-state index in [2.05, 4.69) is 4.98 Å². The molecule has 4 rings (SSSR count). The number of sulfonamides is 1. The van der Waals surface area contributed by atoms with Crippen molar-refractivity contribution < 1.29 is 22.0 Å². The van der Waals surface area contributed by atoms with Gasteiger partial charge in [-0.1, -0.05) is 29.5 Å². The van der Waals surface area contributed by atoms with E-state index in [1.807, 2.05) is 19.0 Å². The molecule has 0 saturated carbocycles. The number of para-hydroxylation sites is 1. The summed E-state index contributed by atoms with van der Waals surface area (Å²) in [4.78, 5) is 21.0. The molecule has 7 nitrogen and oxygen atoms in total. The van der Waals surface area contributed by atoms with E-state index in [9.17, 15) is 22.0 Å². The van der Waals surface area contributed by atoms with E-state index in [-0.39, 0.29) is 32.4 Å². The van der Waals surface area contributed by atoms with Crippen molar-refractivity contribution in [1.29, 1.82) is 0 Å². The summed E-state index contributed by atoms with van der Waals surface area (Å²) in [5.74, 6) is -1.96. The van der Waals surface area contributed by atoms with Gasteiger partial charge in [0.2, 0.25) is 0 Å². The molecule has 0 spiro atoms. The summed E-state index contributed by atoms with van der Waals surface area (Å²) in [6, 6.07) is 16.2. The molecule has 4 aromatic rings. The highest BCUT2D eigenvalue weighted by atomic mass is 32.2. The molecule has 0 saturated heterocycles. The Bertz CT molecular complexity index is 1490. The van der Waals surface area contributed by atoms with Gasteiger partial charge in [-0.3, -0.25) is 14.0 Å². The summed E-state index contributed by atoms with van der Waals surface area (Å²) in [7, 11) is 1.31. The number of rotatable bonds is 8. The van der Waals surface area contributed by atoms with Gasteiger partial charge < -0.3 is 4.90 Å². The van der Waals surface area contributed by atoms with Crippen LogP contribution in [0, 0.1) is 11.6 Å². The van der Waals surface area contributed by atoms with Gasteiger partial charge >= 0.3 is 0 Å². The lowest BCUT2D eigenvalue weighted by Crippen LogP contribution is -2.36. The maximum atomic E-state index is 14.2. The van der Waals surface area contributed by atoms with Crippen LogP contribution in [0.15, 0.2) is 71.6 Å². The van der Waals surface area contributed by atoms with E-state index in [0.29, 0.717) is 12.2 Å². The Balaban J connectivity index is 1.65. The van der Waals surface area contributed by atoms with Crippen LogP contribution in [0.25, 0.3) is 10.2 Å². The number of carbonyl (C=O) groups is 1. The minimum atomic E-state index is -3.84. The van der Waals surface area contributed by atoms with Crippen LogP contribution < -0.4 is 9.21 Å². The number of halogens is 2. The van der Waals surface area contributed by atoms with Crippen molar-refractivity contribution in [3.63, 3.8) is 0 Å². The van der Waals surface area contributed by atoms with Crippen molar-refractivity contribution in [2.24, 2.45) is 0 Å². The first kappa shape index (κ1) is 25.7. The molecule has 11 heteroatoms. The van der Waals surface area contributed by atoms with Crippen LogP contribution in [-0.4, -0.2) is 58.4 Å². The van der Waals surface area contributed by atoms with Gasteiger partial charge in [0, 0.05) is 31.8 Å². The highest BCUT2D eigenvalue weighted by Crippen LogP contribution is 2.32. The maximum absolute atomic E-state index is 14.2. The summed E-state index contributed by atoms with van der Waals surface area (Å²) >= 11 is 1.01. The molecule has 0 aliphatic heterocycles. The standard InChI is InChI=1S/C25H24F2N4O3S2/c1-29(2)13-14-31(25-28-23-21(27)15-18(26)16-22(23)35-25)24(32)17-9-11-20(12-10-17)36(33,34)30(3)19-7-5-4-6-8-19/h4-12,15-16H,13-14H2,1-3H3. The number of fused-ring (bicyclic) bond motifs is 1. The molecule has 0 N–H and O–H groups in total. The zero-order valence-electron chi connectivity index (χ0n) is 19.9. The Morgan fingerprint density at radius 2 is 1.61 bits per heavy atom. The molecule has 36 heavy (non-hydrogen) atoms. The second-order valence-electron chi connectivity index (χ2n) is 8.32. The molecule has 0 unspecified atom stereocenters. The van der Waals surface area contributed by atoms with E-state index in [0.717, 1.165) is 17.4 Å². The van der Waals surface area contributed by atoms with Crippen molar-refractivity contribution in [1.82, 2.24) is 9.88 Å². The Hall–Kier alpha value is -3.41. The average Bonchev–Trinajstić information content (AvgIpc) is 3.28. The number of carbonyl (C=O) groups excluding carboxylic acids is 1. The third-order valence-corrected chi connectivity index (χ3v) is 8.35. The number of anilines is 2. The number of hydrogen-bond donors (Lipinski definition) is 0. The SMILES string of the molecule is CN(C)CCN(C(=O)c1ccc(S(=O)(=O)N(C)c2ccccc2)cc1)c1nc2c(F)cc(F)cc2s1. The normalized spacial score (nSPS) is 11.7. The van der Waals surface area contributed by atoms with Crippen molar-refractivity contribution in [3.8, 4) is 0 Å². The van der Waals surface area contributed by atoms with Crippen LogP contribution in [0.5, 0.6) is 0 Å². The Kier molecular flexibility index (Phi) is 7.34. The molecule has 1 heterocycles. The monoisotopic (exact) mass is 530 g/mol. The summed E-state index contributed by atoms with van der Waals surface area (Å²) in [5.41, 5.74) is 0.734. The van der Waals surface area contributed by atoms with Gasteiger partial charge in [0.15, 0.2) is 10.9 Å². The minimum Gasteiger partial charge on any atom is -0.308 e. The predicted octanol–water partition coefficient (Wildman–Crippen LogP) is 4.61. The van der Waals surface area contributed by atoms with Gasteiger partial charge in [0.1, 0.15) is 11.3 Å². The Morgan fingerprint density at radius 3 is 2.25 bits per heavy atom. The van der Waals surface area contributed by atoms with Crippen molar-refractivity contribution in [3.05, 3.63) is 83.9 Å². The third-order valence-electron chi connectivity index (χ3n) is 5.53. The second kappa shape index (κ2) is 10.3. The molecule has 1 aromatic heterocycles. The van der Waals surface area contributed by atoms with Gasteiger partial charge in [-0.05, 0) is 56.6 Å². The van der Waals surface area contributed by atoms with Crippen LogP contribution >= 0.6 is 11.3 Å². The van der Waals surface area contributed by atoms with Gasteiger partial charge in [-0.2, -0.15) is 0 Å². The molecule has 0 fully saturated rings. The van der Waals surface area contributed by atoms with Crippen LogP contribution in [-0.2, 0) is 10.0 Å². The number of aromatic nitrogens is 1. The predicted molar refractivity (Wildman–Crippen MR) is 138 cm³/mol. The molecule has 0 bridgehead atoms. The lowest BCUT2D eigenvalue weighted by molar-refractivity contribution is 0.0985. The smallest absolute Gasteiger partial charge is 0.264 e. The Labute approximate surface area is 212 Å². The largest absolute Gasteiger partial charge is 0.308 e. The Morgan fingerprint density at radius 1 is 0.944 bits per heavy atom. The van der Waals surface area contributed by atoms with Crippen LogP contribution in [0.3, 0.4) is 0 Å². The average molecular weight is 531 g/mol. The fraction of sp³-hybridized carbons (Fsp3) is 0.200. The first-order valence-electron chi connectivity index (χ1n) is 10.9.